The molecule has 1 N–H and O–H groups in total. The maximum Gasteiger partial charge on any atom is 0.272 e. The van der Waals surface area contributed by atoms with Crippen LogP contribution in [0.3, 0.4) is 0 Å². The van der Waals surface area contributed by atoms with Crippen LogP contribution in [0.5, 0.6) is 0 Å². The zero-order valence-electron chi connectivity index (χ0n) is 13.7. The Morgan fingerprint density at radius 3 is 2.65 bits per heavy atom. The van der Waals surface area contributed by atoms with E-state index in [9.17, 15) is 9.59 Å². The number of benzene rings is 2. The number of nitrogens with one attached hydrogen (secondary N) is 1. The van der Waals surface area contributed by atoms with Crippen LogP contribution < -0.4 is 10.4 Å². The van der Waals surface area contributed by atoms with Gasteiger partial charge < -0.3 is 0 Å². The summed E-state index contributed by atoms with van der Waals surface area (Å²) < 4.78 is 0. The van der Waals surface area contributed by atoms with Crippen LogP contribution in [0.15, 0.2) is 58.7 Å². The standard InChI is InChI=1S/C18H14Cl2N4O2/c1-11-15(18(26)24(23-11)13-5-3-2-4-6-13)10-21-22-17(25)14-8-7-12(19)9-16(14)20/h2-10,15H,1H3,(H,22,25)/b21-10-/t15-/m0/s1. The maximum absolute atomic E-state index is 12.5. The van der Waals surface area contributed by atoms with Crippen molar-refractivity contribution >= 4 is 52.6 Å². The molecule has 2 amide bonds. The molecule has 0 radical (unpaired) electrons. The first-order chi connectivity index (χ1) is 12.5. The summed E-state index contributed by atoms with van der Waals surface area (Å²) in [5, 5.41) is 10.1. The van der Waals surface area contributed by atoms with Crippen LogP contribution in [0, 0.1) is 5.92 Å². The van der Waals surface area contributed by atoms with E-state index < -0.39 is 11.8 Å². The molecule has 26 heavy (non-hydrogen) atoms. The van der Waals surface area contributed by atoms with E-state index in [0.29, 0.717) is 16.4 Å². The molecule has 1 atom stereocenters. The summed E-state index contributed by atoms with van der Waals surface area (Å²) in [6.45, 7) is 1.73. The summed E-state index contributed by atoms with van der Waals surface area (Å²) in [5.74, 6) is -1.38. The third kappa shape index (κ3) is 3.76. The molecular weight excluding hydrogens is 375 g/mol. The zero-order chi connectivity index (χ0) is 18.7. The molecule has 0 unspecified atom stereocenters. The van der Waals surface area contributed by atoms with Crippen molar-refractivity contribution in [2.75, 3.05) is 5.01 Å². The number of halogens is 2. The molecule has 2 aromatic carbocycles. The number of carbonyl (C=O) groups excluding carboxylic acids is 2. The molecule has 2 aromatic rings. The van der Waals surface area contributed by atoms with Gasteiger partial charge in [-0.3, -0.25) is 9.59 Å². The van der Waals surface area contributed by atoms with Gasteiger partial charge in [-0.05, 0) is 37.3 Å². The normalized spacial score (nSPS) is 16.9. The summed E-state index contributed by atoms with van der Waals surface area (Å²) in [6.07, 6.45) is 1.35. The van der Waals surface area contributed by atoms with Gasteiger partial charge in [-0.1, -0.05) is 41.4 Å². The van der Waals surface area contributed by atoms with E-state index in [1.54, 1.807) is 25.1 Å². The van der Waals surface area contributed by atoms with Gasteiger partial charge in [0, 0.05) is 11.2 Å². The lowest BCUT2D eigenvalue weighted by Gasteiger charge is -2.12. The molecule has 0 bridgehead atoms. The highest BCUT2D eigenvalue weighted by Crippen LogP contribution is 2.23. The molecular formula is C18H14Cl2N4O2. The number of para-hydroxylation sites is 1. The minimum Gasteiger partial charge on any atom is -0.271 e. The molecule has 1 aliphatic heterocycles. The van der Waals surface area contributed by atoms with Gasteiger partial charge in [0.2, 0.25) is 0 Å². The minimum atomic E-state index is -0.642. The van der Waals surface area contributed by atoms with Gasteiger partial charge in [-0.2, -0.15) is 15.2 Å². The second-order valence-electron chi connectivity index (χ2n) is 5.55. The molecule has 0 saturated carbocycles. The van der Waals surface area contributed by atoms with Crippen molar-refractivity contribution in [2.24, 2.45) is 16.1 Å². The van der Waals surface area contributed by atoms with Crippen LogP contribution in [0.2, 0.25) is 10.0 Å². The Labute approximate surface area is 160 Å². The highest BCUT2D eigenvalue weighted by molar-refractivity contribution is 6.36. The lowest BCUT2D eigenvalue weighted by atomic mass is 10.1. The van der Waals surface area contributed by atoms with Crippen LogP contribution in [-0.4, -0.2) is 23.7 Å². The van der Waals surface area contributed by atoms with Gasteiger partial charge in [0.05, 0.1) is 22.0 Å². The third-order valence-corrected chi connectivity index (χ3v) is 4.30. The smallest absolute Gasteiger partial charge is 0.271 e. The number of hydrazone groups is 2. The maximum atomic E-state index is 12.5. The first kappa shape index (κ1) is 18.1. The predicted octanol–water partition coefficient (Wildman–Crippen LogP) is 3.75. The quantitative estimate of drug-likeness (QED) is 0.639. The number of rotatable bonds is 4. The van der Waals surface area contributed by atoms with Crippen LogP contribution >= 0.6 is 23.2 Å². The highest BCUT2D eigenvalue weighted by Gasteiger charge is 2.33. The van der Waals surface area contributed by atoms with E-state index in [2.05, 4.69) is 15.6 Å². The Bertz CT molecular complexity index is 913. The molecule has 0 spiro atoms. The van der Waals surface area contributed by atoms with Crippen LogP contribution in [0.4, 0.5) is 5.69 Å². The van der Waals surface area contributed by atoms with Gasteiger partial charge in [-0.15, -0.1) is 0 Å². The zero-order valence-corrected chi connectivity index (χ0v) is 15.2. The van der Waals surface area contributed by atoms with Gasteiger partial charge in [-0.25, -0.2) is 5.43 Å². The SMILES string of the molecule is CC1=NN(c2ccccc2)C(=O)[C@H]1/C=N\NC(=O)c1ccc(Cl)cc1Cl. The van der Waals surface area contributed by atoms with Gasteiger partial charge in [0.1, 0.15) is 5.92 Å². The first-order valence-electron chi connectivity index (χ1n) is 7.70. The van der Waals surface area contributed by atoms with Crippen molar-refractivity contribution in [3.8, 4) is 0 Å². The van der Waals surface area contributed by atoms with Crippen molar-refractivity contribution in [3.63, 3.8) is 0 Å². The Morgan fingerprint density at radius 1 is 1.23 bits per heavy atom. The fourth-order valence-electron chi connectivity index (χ4n) is 2.41. The fraction of sp³-hybridized carbons (Fsp3) is 0.111. The molecule has 132 valence electrons. The molecule has 8 heteroatoms. The Morgan fingerprint density at radius 2 is 1.96 bits per heavy atom. The topological polar surface area (TPSA) is 74.1 Å². The number of anilines is 1. The average Bonchev–Trinajstić information content (AvgIpc) is 2.90. The number of amides is 2. The average molecular weight is 389 g/mol. The van der Waals surface area contributed by atoms with Crippen molar-refractivity contribution in [1.29, 1.82) is 0 Å². The fourth-order valence-corrected chi connectivity index (χ4v) is 2.90. The Hall–Kier alpha value is -2.70. The second kappa shape index (κ2) is 7.68. The van der Waals surface area contributed by atoms with E-state index in [1.165, 1.54) is 23.4 Å². The number of hydrogen-bond acceptors (Lipinski definition) is 4. The first-order valence-corrected chi connectivity index (χ1v) is 8.45. The van der Waals surface area contributed by atoms with E-state index in [-0.39, 0.29) is 16.5 Å². The molecule has 0 fully saturated rings. The van der Waals surface area contributed by atoms with Crippen molar-refractivity contribution in [2.45, 2.75) is 6.92 Å². The monoisotopic (exact) mass is 388 g/mol. The number of nitrogens with zero attached hydrogens (tertiary/aromatic N) is 3. The molecule has 1 aliphatic rings. The van der Waals surface area contributed by atoms with Crippen LogP contribution in [0.25, 0.3) is 0 Å². The van der Waals surface area contributed by atoms with Crippen molar-refractivity contribution < 1.29 is 9.59 Å². The third-order valence-electron chi connectivity index (χ3n) is 3.75. The van der Waals surface area contributed by atoms with E-state index >= 15 is 0 Å². The van der Waals surface area contributed by atoms with E-state index in [1.807, 2.05) is 18.2 Å². The minimum absolute atomic E-state index is 0.218. The van der Waals surface area contributed by atoms with Gasteiger partial charge >= 0.3 is 0 Å². The summed E-state index contributed by atoms with van der Waals surface area (Å²) in [7, 11) is 0. The summed E-state index contributed by atoms with van der Waals surface area (Å²) in [4.78, 5) is 24.6. The second-order valence-corrected chi connectivity index (χ2v) is 6.39. The Balaban J connectivity index is 1.68. The van der Waals surface area contributed by atoms with Crippen LogP contribution in [0.1, 0.15) is 17.3 Å². The summed E-state index contributed by atoms with van der Waals surface area (Å²) in [5.41, 5.74) is 3.85. The molecule has 1 heterocycles. The Kier molecular flexibility index (Phi) is 5.35. The van der Waals surface area contributed by atoms with Crippen molar-refractivity contribution in [1.82, 2.24) is 5.43 Å². The molecule has 3 rings (SSSR count). The van der Waals surface area contributed by atoms with E-state index in [0.717, 1.165) is 0 Å². The largest absolute Gasteiger partial charge is 0.272 e. The van der Waals surface area contributed by atoms with Gasteiger partial charge in [0.25, 0.3) is 11.8 Å². The number of carbonyl (C=O) groups is 2. The molecule has 0 aliphatic carbocycles. The highest BCUT2D eigenvalue weighted by atomic mass is 35.5. The lowest BCUT2D eigenvalue weighted by molar-refractivity contribution is -0.118. The summed E-state index contributed by atoms with van der Waals surface area (Å²) >= 11 is 11.8. The summed E-state index contributed by atoms with van der Waals surface area (Å²) in [6, 6.07) is 13.6. The van der Waals surface area contributed by atoms with Crippen molar-refractivity contribution in [3.05, 3.63) is 64.1 Å². The van der Waals surface area contributed by atoms with Crippen LogP contribution in [-0.2, 0) is 4.79 Å². The lowest BCUT2D eigenvalue weighted by Crippen LogP contribution is -2.29. The van der Waals surface area contributed by atoms with Gasteiger partial charge in [0.15, 0.2) is 0 Å². The molecule has 6 nitrogen and oxygen atoms in total. The molecule has 0 aromatic heterocycles. The number of hydrogen-bond donors (Lipinski definition) is 1. The van der Waals surface area contributed by atoms with E-state index in [4.69, 9.17) is 23.2 Å². The predicted molar refractivity (Wildman–Crippen MR) is 103 cm³/mol. The molecule has 0 saturated heterocycles.